The number of carbonyl (C=O) groups excluding carboxylic acids is 4. The number of methoxy groups -OCH3 is 1. The number of nitrogens with zero attached hydrogens (tertiary/aromatic N) is 2. The minimum absolute atomic E-state index is 0.0430. The number of hydrogen-bond donors (Lipinski definition) is 3. The van der Waals surface area contributed by atoms with Gasteiger partial charge < -0.3 is 34.5 Å². The van der Waals surface area contributed by atoms with Crippen molar-refractivity contribution in [1.29, 1.82) is 0 Å². The second kappa shape index (κ2) is 19.3. The van der Waals surface area contributed by atoms with Gasteiger partial charge in [0.25, 0.3) is 5.91 Å². The van der Waals surface area contributed by atoms with Gasteiger partial charge in [-0.05, 0) is 115 Å². The van der Waals surface area contributed by atoms with Crippen LogP contribution in [0.4, 0.5) is 22.4 Å². The number of aromatic nitrogens is 1. The number of allylic oxidation sites excluding steroid dienone is 1. The number of rotatable bonds is 12. The molecule has 7 atom stereocenters. The van der Waals surface area contributed by atoms with Gasteiger partial charge in [-0.1, -0.05) is 32.4 Å². The summed E-state index contributed by atoms with van der Waals surface area (Å²) < 4.78 is 108. The Balaban J connectivity index is 1.28. The van der Waals surface area contributed by atoms with Gasteiger partial charge in [0.05, 0.1) is 35.7 Å². The fraction of sp³-hybridized carbons (Fsp3) is 0.571. The fourth-order valence-corrected chi connectivity index (χ4v) is 10.3. The third-order valence-corrected chi connectivity index (χ3v) is 15.9. The highest BCUT2D eigenvalue weighted by molar-refractivity contribution is 7.91. The van der Waals surface area contributed by atoms with Crippen molar-refractivity contribution in [3.8, 4) is 28.5 Å². The molecule has 4 amide bonds. The van der Waals surface area contributed by atoms with Crippen molar-refractivity contribution in [2.75, 3.05) is 13.7 Å². The minimum atomic E-state index is -4.95. The molecule has 0 radical (unpaired) electrons. The average Bonchev–Trinajstić information content (AvgIpc) is 4.15. The van der Waals surface area contributed by atoms with Crippen molar-refractivity contribution in [2.45, 2.75) is 146 Å². The Hall–Kier alpha value is -5.66. The summed E-state index contributed by atoms with van der Waals surface area (Å²) in [5.74, 6) is -3.78. The van der Waals surface area contributed by atoms with E-state index < -0.39 is 91.7 Å². The van der Waals surface area contributed by atoms with Crippen molar-refractivity contribution in [2.24, 2.45) is 17.8 Å². The van der Waals surface area contributed by atoms with Gasteiger partial charge in [-0.25, -0.2) is 22.6 Å². The standard InChI is InChI=1S/C49H61F4N5O10S/c1-9-29-20-28(4)12-10-11-13-31-25-48(31,44(61)57-69(63,64)47(7)18-19-47)56-42(59)38-23-33(26-58(38)43(60)41(29)55-45(62)68-46(5,6)49(51,52)53)67-40-24-36(54-37-22-32(65-8)15-16-34(37)40)30-14-17-39(35(50)21-30)66-27(2)3/h11,13-17,21-22,24,27-29,31,33,38,41H,9-10,12,18-20,23,25-26H2,1-8H3,(H,55,62)(H,56,59)(H,57,61). The molecule has 4 aliphatic rings. The molecule has 3 heterocycles. The number of carbonyl (C=O) groups is 4. The molecule has 376 valence electrons. The van der Waals surface area contributed by atoms with E-state index in [1.54, 1.807) is 57.2 Å². The Labute approximate surface area is 399 Å². The summed E-state index contributed by atoms with van der Waals surface area (Å²) in [5, 5.41) is 5.75. The second-order valence-corrected chi connectivity index (χ2v) is 22.1. The number of alkyl halides is 3. The van der Waals surface area contributed by atoms with Crippen molar-refractivity contribution >= 4 is 44.7 Å². The zero-order valence-corrected chi connectivity index (χ0v) is 40.8. The van der Waals surface area contributed by atoms with Gasteiger partial charge in [0.15, 0.2) is 11.6 Å². The quantitative estimate of drug-likeness (QED) is 0.118. The number of halogens is 4. The largest absolute Gasteiger partial charge is 0.497 e. The van der Waals surface area contributed by atoms with Gasteiger partial charge in [-0.15, -0.1) is 0 Å². The van der Waals surface area contributed by atoms with Crippen LogP contribution in [0.25, 0.3) is 22.2 Å². The van der Waals surface area contributed by atoms with E-state index in [0.717, 1.165) is 0 Å². The summed E-state index contributed by atoms with van der Waals surface area (Å²) in [6.07, 6.45) is -1.77. The average molecular weight is 988 g/mol. The Kier molecular flexibility index (Phi) is 14.3. The summed E-state index contributed by atoms with van der Waals surface area (Å²) >= 11 is 0. The molecule has 15 nitrogen and oxygen atoms in total. The number of hydrogen-bond acceptors (Lipinski definition) is 11. The molecule has 20 heteroatoms. The lowest BCUT2D eigenvalue weighted by Crippen LogP contribution is -2.60. The van der Waals surface area contributed by atoms with Gasteiger partial charge >= 0.3 is 12.3 Å². The molecule has 1 aromatic heterocycles. The van der Waals surface area contributed by atoms with Gasteiger partial charge in [0.2, 0.25) is 27.4 Å². The van der Waals surface area contributed by atoms with Crippen LogP contribution in [-0.2, 0) is 29.1 Å². The maximum Gasteiger partial charge on any atom is 0.427 e. The monoisotopic (exact) mass is 987 g/mol. The number of alkyl carbamates (subject to hydrolysis) is 1. The van der Waals surface area contributed by atoms with Gasteiger partial charge in [0.1, 0.15) is 35.2 Å². The maximum atomic E-state index is 15.4. The van der Waals surface area contributed by atoms with Gasteiger partial charge in [-0.2, -0.15) is 13.2 Å². The Morgan fingerprint density at radius 3 is 2.41 bits per heavy atom. The van der Waals surface area contributed by atoms with E-state index in [4.69, 9.17) is 23.9 Å². The highest BCUT2D eigenvalue weighted by atomic mass is 32.2. The van der Waals surface area contributed by atoms with E-state index in [-0.39, 0.29) is 42.9 Å². The van der Waals surface area contributed by atoms with Crippen molar-refractivity contribution in [3.05, 3.63) is 60.4 Å². The number of sulfonamides is 1. The molecule has 0 spiro atoms. The Bertz CT molecular complexity index is 2620. The first-order valence-corrected chi connectivity index (χ1v) is 24.8. The van der Waals surface area contributed by atoms with Gasteiger partial charge in [0, 0.05) is 35.4 Å². The minimum Gasteiger partial charge on any atom is -0.497 e. The molecule has 2 aromatic carbocycles. The first-order valence-electron chi connectivity index (χ1n) is 23.3. The van der Waals surface area contributed by atoms with Crippen LogP contribution in [0.2, 0.25) is 0 Å². The van der Waals surface area contributed by atoms with Crippen LogP contribution in [-0.4, -0.2) is 102 Å². The fourth-order valence-electron chi connectivity index (χ4n) is 9.00. The lowest BCUT2D eigenvalue weighted by molar-refractivity contribution is -0.244. The topological polar surface area (TPSA) is 192 Å². The lowest BCUT2D eigenvalue weighted by Gasteiger charge is -2.35. The highest BCUT2D eigenvalue weighted by Gasteiger charge is 2.63. The van der Waals surface area contributed by atoms with Crippen molar-refractivity contribution in [3.63, 3.8) is 0 Å². The molecule has 69 heavy (non-hydrogen) atoms. The third kappa shape index (κ3) is 10.9. The summed E-state index contributed by atoms with van der Waals surface area (Å²) in [4.78, 5) is 63.6. The first kappa shape index (κ1) is 51.2. The molecule has 1 saturated heterocycles. The predicted molar refractivity (Wildman–Crippen MR) is 247 cm³/mol. The molecule has 7 unspecified atom stereocenters. The first-order chi connectivity index (χ1) is 32.3. The molecule has 3 aromatic rings. The molecule has 0 bridgehead atoms. The molecule has 2 saturated carbocycles. The van der Waals surface area contributed by atoms with E-state index in [2.05, 4.69) is 15.4 Å². The Morgan fingerprint density at radius 1 is 1.04 bits per heavy atom. The number of amides is 4. The van der Waals surface area contributed by atoms with Crippen LogP contribution < -0.4 is 29.6 Å². The van der Waals surface area contributed by atoms with Crippen LogP contribution in [0.15, 0.2) is 54.6 Å². The molecule has 2 aliphatic heterocycles. The van der Waals surface area contributed by atoms with Crippen molar-refractivity contribution in [1.82, 2.24) is 25.2 Å². The van der Waals surface area contributed by atoms with E-state index in [9.17, 15) is 36.0 Å². The predicted octanol–water partition coefficient (Wildman–Crippen LogP) is 7.90. The van der Waals surface area contributed by atoms with E-state index in [1.807, 2.05) is 13.0 Å². The zero-order valence-electron chi connectivity index (χ0n) is 40.0. The molecular weight excluding hydrogens is 927 g/mol. The zero-order chi connectivity index (χ0) is 50.4. The van der Waals surface area contributed by atoms with E-state index >= 15 is 9.18 Å². The summed E-state index contributed by atoms with van der Waals surface area (Å²) in [6.45, 7) is 9.87. The van der Waals surface area contributed by atoms with Crippen LogP contribution in [0.1, 0.15) is 99.8 Å². The molecular formula is C49H61F4N5O10S. The highest BCUT2D eigenvalue weighted by Crippen LogP contribution is 2.48. The number of fused-ring (bicyclic) bond motifs is 3. The van der Waals surface area contributed by atoms with E-state index in [0.29, 0.717) is 80.3 Å². The number of pyridine rings is 1. The lowest BCUT2D eigenvalue weighted by atomic mass is 9.85. The summed E-state index contributed by atoms with van der Waals surface area (Å²) in [5.41, 5.74) is -3.57. The van der Waals surface area contributed by atoms with Crippen LogP contribution in [0, 0.1) is 23.6 Å². The summed E-state index contributed by atoms with van der Waals surface area (Å²) in [6, 6.07) is 8.12. The number of ether oxygens (including phenoxy) is 4. The van der Waals surface area contributed by atoms with Crippen LogP contribution in [0.5, 0.6) is 17.2 Å². The Morgan fingerprint density at radius 2 is 1.77 bits per heavy atom. The SMILES string of the molecule is CCC1CC(C)CCC=CC2CC2(C(=O)NS(=O)(=O)C2(C)CC2)NC(=O)C2CC(Oc3cc(-c4ccc(OC(C)C)c(F)c4)nc4cc(OC)ccc34)CN2C(=O)C1NC(=O)OC(C)(C)C(F)(F)F. The second-order valence-electron chi connectivity index (χ2n) is 19.9. The maximum absolute atomic E-state index is 15.4. The number of nitrogens with one attached hydrogen (secondary N) is 3. The van der Waals surface area contributed by atoms with Crippen molar-refractivity contribution < 1.29 is 64.1 Å². The van der Waals surface area contributed by atoms with Gasteiger partial charge in [-0.3, -0.25) is 19.1 Å². The number of benzene rings is 2. The molecule has 3 fully saturated rings. The molecule has 2 aliphatic carbocycles. The smallest absolute Gasteiger partial charge is 0.427 e. The van der Waals surface area contributed by atoms with Crippen LogP contribution >= 0.6 is 0 Å². The summed E-state index contributed by atoms with van der Waals surface area (Å²) in [7, 11) is -2.65. The molecule has 7 rings (SSSR count). The normalized spacial score (nSPS) is 26.2. The van der Waals surface area contributed by atoms with Crippen LogP contribution in [0.3, 0.4) is 0 Å². The third-order valence-electron chi connectivity index (χ3n) is 13.8. The molecule has 3 N–H and O–H groups in total. The van der Waals surface area contributed by atoms with E-state index in [1.165, 1.54) is 31.1 Å².